The minimum Gasteiger partial charge on any atom is -0.310 e. The first kappa shape index (κ1) is 11.4. The van der Waals surface area contributed by atoms with Gasteiger partial charge in [0.05, 0.1) is 0 Å². The third kappa shape index (κ3) is 2.06. The van der Waals surface area contributed by atoms with Gasteiger partial charge in [-0.3, -0.25) is 0 Å². The predicted molar refractivity (Wildman–Crippen MR) is 71.2 cm³/mol. The molecule has 1 fully saturated rings. The Morgan fingerprint density at radius 2 is 1.81 bits per heavy atom. The molecule has 2 heteroatoms. The molecule has 1 heterocycles. The summed E-state index contributed by atoms with van der Waals surface area (Å²) in [6.45, 7) is 1.16. The van der Waals surface area contributed by atoms with Crippen molar-refractivity contribution in [2.45, 2.75) is 18.9 Å². The van der Waals surface area contributed by atoms with Gasteiger partial charge in [-0.05, 0) is 41.8 Å². The molecule has 1 atom stereocenters. The fourth-order valence-corrected chi connectivity index (χ4v) is 2.39. The van der Waals surface area contributed by atoms with Gasteiger partial charge in [0, 0.05) is 6.04 Å². The van der Waals surface area contributed by atoms with E-state index in [-0.39, 0.29) is 12.4 Å². The number of hydrogen-bond donors (Lipinski definition) is 1. The summed E-state index contributed by atoms with van der Waals surface area (Å²) in [7, 11) is 0. The second kappa shape index (κ2) is 4.86. The molecule has 2 aromatic rings. The van der Waals surface area contributed by atoms with E-state index in [9.17, 15) is 0 Å². The van der Waals surface area contributed by atoms with E-state index < -0.39 is 0 Å². The maximum atomic E-state index is 3.54. The summed E-state index contributed by atoms with van der Waals surface area (Å²) in [6, 6.07) is 15.9. The molecule has 16 heavy (non-hydrogen) atoms. The van der Waals surface area contributed by atoms with Gasteiger partial charge in [0.1, 0.15) is 0 Å². The minimum atomic E-state index is 0. The van der Waals surface area contributed by atoms with Crippen LogP contribution in [0, 0.1) is 0 Å². The van der Waals surface area contributed by atoms with Crippen molar-refractivity contribution in [2.75, 3.05) is 6.54 Å². The molecule has 0 spiro atoms. The summed E-state index contributed by atoms with van der Waals surface area (Å²) in [6.07, 6.45) is 2.58. The number of benzene rings is 2. The standard InChI is InChI=1S/C14H15N.ClH/c1-2-5-12-10-13(8-7-11(12)4-1)14-6-3-9-15-14;/h1-2,4-5,7-8,10,14-15H,3,6,9H2;1H. The summed E-state index contributed by atoms with van der Waals surface area (Å²) in [5, 5.41) is 6.22. The molecule has 1 nitrogen and oxygen atoms in total. The number of nitrogens with one attached hydrogen (secondary N) is 1. The lowest BCUT2D eigenvalue weighted by molar-refractivity contribution is 0.648. The molecule has 3 rings (SSSR count). The van der Waals surface area contributed by atoms with E-state index in [4.69, 9.17) is 0 Å². The monoisotopic (exact) mass is 233 g/mol. The Kier molecular flexibility index (Phi) is 3.47. The van der Waals surface area contributed by atoms with Crippen LogP contribution in [0.1, 0.15) is 24.4 Å². The molecule has 1 aliphatic rings. The third-order valence-corrected chi connectivity index (χ3v) is 3.24. The lowest BCUT2D eigenvalue weighted by atomic mass is 10.0. The molecule has 1 N–H and O–H groups in total. The highest BCUT2D eigenvalue weighted by Crippen LogP contribution is 2.25. The van der Waals surface area contributed by atoms with Gasteiger partial charge in [-0.15, -0.1) is 12.4 Å². The van der Waals surface area contributed by atoms with E-state index in [0.29, 0.717) is 6.04 Å². The van der Waals surface area contributed by atoms with Gasteiger partial charge in [-0.25, -0.2) is 0 Å². The van der Waals surface area contributed by atoms with Crippen LogP contribution in [0.4, 0.5) is 0 Å². The zero-order chi connectivity index (χ0) is 10.1. The molecule has 2 aromatic carbocycles. The molecule has 0 radical (unpaired) electrons. The molecule has 1 saturated heterocycles. The Morgan fingerprint density at radius 3 is 2.56 bits per heavy atom. The lowest BCUT2D eigenvalue weighted by Gasteiger charge is -2.11. The van der Waals surface area contributed by atoms with Crippen molar-refractivity contribution in [1.29, 1.82) is 0 Å². The first-order chi connectivity index (χ1) is 7.43. The smallest absolute Gasteiger partial charge is 0.0320 e. The SMILES string of the molecule is Cl.c1ccc2cc(C3CCCN3)ccc2c1. The molecule has 0 saturated carbocycles. The fourth-order valence-electron chi connectivity index (χ4n) is 2.39. The van der Waals surface area contributed by atoms with Gasteiger partial charge in [-0.2, -0.15) is 0 Å². The van der Waals surface area contributed by atoms with Gasteiger partial charge in [0.2, 0.25) is 0 Å². The van der Waals surface area contributed by atoms with Crippen LogP contribution in [0.15, 0.2) is 42.5 Å². The third-order valence-electron chi connectivity index (χ3n) is 3.24. The Hall–Kier alpha value is -1.05. The summed E-state index contributed by atoms with van der Waals surface area (Å²) >= 11 is 0. The molecule has 0 bridgehead atoms. The second-order valence-electron chi connectivity index (χ2n) is 4.26. The summed E-state index contributed by atoms with van der Waals surface area (Å²) in [5.41, 5.74) is 1.44. The van der Waals surface area contributed by atoms with E-state index in [1.165, 1.54) is 29.2 Å². The van der Waals surface area contributed by atoms with Crippen molar-refractivity contribution in [3.63, 3.8) is 0 Å². The highest BCUT2D eigenvalue weighted by molar-refractivity contribution is 5.85. The van der Waals surface area contributed by atoms with Gasteiger partial charge >= 0.3 is 0 Å². The van der Waals surface area contributed by atoms with Crippen LogP contribution in [0.3, 0.4) is 0 Å². The number of halogens is 1. The number of rotatable bonds is 1. The van der Waals surface area contributed by atoms with Crippen molar-refractivity contribution >= 4 is 23.2 Å². The topological polar surface area (TPSA) is 12.0 Å². The molecule has 1 aliphatic heterocycles. The molecule has 1 unspecified atom stereocenters. The number of fused-ring (bicyclic) bond motifs is 1. The summed E-state index contributed by atoms with van der Waals surface area (Å²) < 4.78 is 0. The van der Waals surface area contributed by atoms with Crippen LogP contribution < -0.4 is 5.32 Å². The fraction of sp³-hybridized carbons (Fsp3) is 0.286. The highest BCUT2D eigenvalue weighted by atomic mass is 35.5. The lowest BCUT2D eigenvalue weighted by Crippen LogP contribution is -2.12. The van der Waals surface area contributed by atoms with Crippen molar-refractivity contribution < 1.29 is 0 Å². The maximum absolute atomic E-state index is 3.54. The van der Waals surface area contributed by atoms with Gasteiger partial charge < -0.3 is 5.32 Å². The van der Waals surface area contributed by atoms with Crippen LogP contribution in [-0.2, 0) is 0 Å². The first-order valence-electron chi connectivity index (χ1n) is 5.65. The Balaban J connectivity index is 0.000000963. The Bertz CT molecular complexity index is 475. The molecule has 0 aromatic heterocycles. The van der Waals surface area contributed by atoms with E-state index >= 15 is 0 Å². The van der Waals surface area contributed by atoms with Crippen LogP contribution in [0.5, 0.6) is 0 Å². The van der Waals surface area contributed by atoms with Crippen LogP contribution in [-0.4, -0.2) is 6.54 Å². The molecule has 0 aliphatic carbocycles. The summed E-state index contributed by atoms with van der Waals surface area (Å²) in [5.74, 6) is 0. The van der Waals surface area contributed by atoms with Crippen LogP contribution in [0.2, 0.25) is 0 Å². The molecule has 84 valence electrons. The van der Waals surface area contributed by atoms with Crippen molar-refractivity contribution in [3.05, 3.63) is 48.0 Å². The zero-order valence-electron chi connectivity index (χ0n) is 9.15. The van der Waals surface area contributed by atoms with Crippen LogP contribution >= 0.6 is 12.4 Å². The predicted octanol–water partition coefficient (Wildman–Crippen LogP) is 3.69. The average molecular weight is 234 g/mol. The van der Waals surface area contributed by atoms with Crippen molar-refractivity contribution in [1.82, 2.24) is 5.32 Å². The van der Waals surface area contributed by atoms with E-state index in [1.54, 1.807) is 0 Å². The minimum absolute atomic E-state index is 0. The summed E-state index contributed by atoms with van der Waals surface area (Å²) in [4.78, 5) is 0. The van der Waals surface area contributed by atoms with Crippen molar-refractivity contribution in [3.8, 4) is 0 Å². The molecular formula is C14H16ClN. The van der Waals surface area contributed by atoms with Gasteiger partial charge in [-0.1, -0.05) is 36.4 Å². The average Bonchev–Trinajstić information content (AvgIpc) is 2.82. The largest absolute Gasteiger partial charge is 0.310 e. The quantitative estimate of drug-likeness (QED) is 0.792. The maximum Gasteiger partial charge on any atom is 0.0320 e. The zero-order valence-corrected chi connectivity index (χ0v) is 9.96. The first-order valence-corrected chi connectivity index (χ1v) is 5.65. The van der Waals surface area contributed by atoms with E-state index in [1.807, 2.05) is 0 Å². The van der Waals surface area contributed by atoms with Gasteiger partial charge in [0.15, 0.2) is 0 Å². The second-order valence-corrected chi connectivity index (χ2v) is 4.26. The number of hydrogen-bond acceptors (Lipinski definition) is 1. The molecular weight excluding hydrogens is 218 g/mol. The normalized spacial score (nSPS) is 19.6. The Morgan fingerprint density at radius 1 is 1.00 bits per heavy atom. The van der Waals surface area contributed by atoms with Crippen LogP contribution in [0.25, 0.3) is 10.8 Å². The highest BCUT2D eigenvalue weighted by Gasteiger charge is 2.15. The van der Waals surface area contributed by atoms with E-state index in [2.05, 4.69) is 47.8 Å². The Labute approximate surface area is 102 Å². The van der Waals surface area contributed by atoms with Crippen molar-refractivity contribution in [2.24, 2.45) is 0 Å². The van der Waals surface area contributed by atoms with E-state index in [0.717, 1.165) is 6.54 Å². The molecule has 0 amide bonds. The van der Waals surface area contributed by atoms with Gasteiger partial charge in [0.25, 0.3) is 0 Å².